The number of halogens is 1. The Hall–Kier alpha value is -1.90. The van der Waals surface area contributed by atoms with Crippen LogP contribution >= 0.6 is 39.0 Å². The van der Waals surface area contributed by atoms with Crippen LogP contribution in [0.15, 0.2) is 63.4 Å². The number of nitrogens with one attached hydrogen (secondary N) is 1. The number of thioether (sulfide) groups is 1. The molecule has 3 aromatic rings. The largest absolute Gasteiger partial charge is 0.330 e. The van der Waals surface area contributed by atoms with Crippen molar-refractivity contribution >= 4 is 61.4 Å². The topological polar surface area (TPSA) is 58.1 Å². The summed E-state index contributed by atoms with van der Waals surface area (Å²) in [6, 6.07) is 17.4. The third-order valence-electron chi connectivity index (χ3n) is 3.32. The van der Waals surface area contributed by atoms with E-state index < -0.39 is 0 Å². The molecule has 3 rings (SSSR count). The fourth-order valence-corrected chi connectivity index (χ4v) is 4.11. The molecule has 0 unspecified atom stereocenters. The van der Waals surface area contributed by atoms with Crippen molar-refractivity contribution in [1.29, 1.82) is 0 Å². The Balaban J connectivity index is 1.55. The summed E-state index contributed by atoms with van der Waals surface area (Å²) in [4.78, 5) is 13.9. The van der Waals surface area contributed by atoms with Crippen LogP contribution in [0.1, 0.15) is 0 Å². The Morgan fingerprint density at radius 2 is 2.00 bits per heavy atom. The maximum Gasteiger partial charge on any atom is 0.237 e. The van der Waals surface area contributed by atoms with Gasteiger partial charge in [0.15, 0.2) is 4.34 Å². The number of amides is 1. The van der Waals surface area contributed by atoms with Gasteiger partial charge in [-0.3, -0.25) is 4.79 Å². The average molecular weight is 435 g/mol. The van der Waals surface area contributed by atoms with E-state index >= 15 is 0 Å². The molecule has 5 nitrogen and oxygen atoms in total. The highest BCUT2D eigenvalue weighted by atomic mass is 79.9. The normalized spacial score (nSPS) is 10.5. The van der Waals surface area contributed by atoms with E-state index in [1.165, 1.54) is 23.1 Å². The molecule has 1 aromatic heterocycles. The SMILES string of the molecule is CN(C(=O)CSc1nnc(Nc2cccc(Br)c2)s1)c1ccccc1. The zero-order chi connectivity index (χ0) is 17.6. The molecule has 128 valence electrons. The fraction of sp³-hybridized carbons (Fsp3) is 0.118. The van der Waals surface area contributed by atoms with Gasteiger partial charge < -0.3 is 10.2 Å². The van der Waals surface area contributed by atoms with Crippen LogP contribution in [0.5, 0.6) is 0 Å². The molecule has 0 aliphatic carbocycles. The lowest BCUT2D eigenvalue weighted by molar-refractivity contribution is -0.115. The fourth-order valence-electron chi connectivity index (χ4n) is 2.02. The summed E-state index contributed by atoms with van der Waals surface area (Å²) >= 11 is 6.25. The minimum Gasteiger partial charge on any atom is -0.330 e. The maximum atomic E-state index is 12.3. The lowest BCUT2D eigenvalue weighted by Crippen LogP contribution is -2.27. The zero-order valence-electron chi connectivity index (χ0n) is 13.3. The van der Waals surface area contributed by atoms with Crippen LogP contribution in [0.25, 0.3) is 0 Å². The summed E-state index contributed by atoms with van der Waals surface area (Å²) in [6.45, 7) is 0. The van der Waals surface area contributed by atoms with Crippen LogP contribution in [0.3, 0.4) is 0 Å². The molecule has 0 radical (unpaired) electrons. The molecule has 0 atom stereocenters. The standard InChI is InChI=1S/C17H15BrN4OS2/c1-22(14-8-3-2-4-9-14)15(23)11-24-17-21-20-16(25-17)19-13-7-5-6-12(18)10-13/h2-10H,11H2,1H3,(H,19,20). The number of nitrogens with zero attached hydrogens (tertiary/aromatic N) is 3. The Morgan fingerprint density at radius 1 is 1.20 bits per heavy atom. The van der Waals surface area contributed by atoms with E-state index in [1.54, 1.807) is 11.9 Å². The molecule has 8 heteroatoms. The molecular formula is C17H15BrN4OS2. The van der Waals surface area contributed by atoms with Crippen LogP contribution in [0.4, 0.5) is 16.5 Å². The smallest absolute Gasteiger partial charge is 0.237 e. The number of carbonyl (C=O) groups is 1. The molecule has 1 N–H and O–H groups in total. The number of aromatic nitrogens is 2. The number of rotatable bonds is 6. The lowest BCUT2D eigenvalue weighted by atomic mass is 10.3. The number of hydrogen-bond donors (Lipinski definition) is 1. The van der Waals surface area contributed by atoms with Crippen molar-refractivity contribution < 1.29 is 4.79 Å². The van der Waals surface area contributed by atoms with Gasteiger partial charge in [0.1, 0.15) is 0 Å². The van der Waals surface area contributed by atoms with Crippen molar-refractivity contribution in [1.82, 2.24) is 10.2 Å². The van der Waals surface area contributed by atoms with Gasteiger partial charge in [-0.05, 0) is 30.3 Å². The summed E-state index contributed by atoms with van der Waals surface area (Å²) in [7, 11) is 1.78. The molecule has 0 aliphatic rings. The van der Waals surface area contributed by atoms with E-state index in [-0.39, 0.29) is 5.91 Å². The van der Waals surface area contributed by atoms with Crippen LogP contribution in [0.2, 0.25) is 0 Å². The second-order valence-electron chi connectivity index (χ2n) is 5.09. The van der Waals surface area contributed by atoms with Gasteiger partial charge in [0.05, 0.1) is 5.75 Å². The predicted octanol–water partition coefficient (Wildman–Crippen LogP) is 4.80. The van der Waals surface area contributed by atoms with Gasteiger partial charge in [-0.15, -0.1) is 10.2 Å². The highest BCUT2D eigenvalue weighted by molar-refractivity contribution is 9.10. The molecule has 0 fully saturated rings. The minimum atomic E-state index is 0.0212. The molecule has 0 spiro atoms. The Bertz CT molecular complexity index is 857. The molecule has 0 bridgehead atoms. The van der Waals surface area contributed by atoms with Crippen molar-refractivity contribution in [2.75, 3.05) is 23.0 Å². The molecule has 1 amide bonds. The quantitative estimate of drug-likeness (QED) is 0.564. The van der Waals surface area contributed by atoms with Gasteiger partial charge >= 0.3 is 0 Å². The van der Waals surface area contributed by atoms with Crippen molar-refractivity contribution in [3.05, 3.63) is 59.1 Å². The first-order valence-corrected chi connectivity index (χ1v) is 10.0. The van der Waals surface area contributed by atoms with E-state index in [0.29, 0.717) is 10.9 Å². The van der Waals surface area contributed by atoms with Gasteiger partial charge in [-0.25, -0.2) is 0 Å². The van der Waals surface area contributed by atoms with Gasteiger partial charge in [0.2, 0.25) is 11.0 Å². The number of carbonyl (C=O) groups excluding carboxylic acids is 1. The van der Waals surface area contributed by atoms with E-state index in [9.17, 15) is 4.79 Å². The second-order valence-corrected chi connectivity index (χ2v) is 8.20. The number of anilines is 3. The Morgan fingerprint density at radius 3 is 2.76 bits per heavy atom. The summed E-state index contributed by atoms with van der Waals surface area (Å²) < 4.78 is 1.75. The lowest BCUT2D eigenvalue weighted by Gasteiger charge is -2.16. The Kier molecular flexibility index (Phi) is 6.06. The second kappa shape index (κ2) is 8.46. The van der Waals surface area contributed by atoms with E-state index in [0.717, 1.165) is 20.2 Å². The van der Waals surface area contributed by atoms with Gasteiger partial charge in [-0.1, -0.05) is 63.3 Å². The molecule has 2 aromatic carbocycles. The summed E-state index contributed by atoms with van der Waals surface area (Å²) in [5.41, 5.74) is 1.81. The van der Waals surface area contributed by atoms with Crippen LogP contribution in [-0.2, 0) is 4.79 Å². The van der Waals surface area contributed by atoms with E-state index in [4.69, 9.17) is 0 Å². The third kappa shape index (κ3) is 5.04. The van der Waals surface area contributed by atoms with E-state index in [1.807, 2.05) is 54.6 Å². The molecule has 0 saturated carbocycles. The number of hydrogen-bond acceptors (Lipinski definition) is 6. The minimum absolute atomic E-state index is 0.0212. The summed E-state index contributed by atoms with van der Waals surface area (Å²) in [5, 5.41) is 12.1. The predicted molar refractivity (Wildman–Crippen MR) is 108 cm³/mol. The van der Waals surface area contributed by atoms with Crippen molar-refractivity contribution in [3.8, 4) is 0 Å². The number of benzene rings is 2. The van der Waals surface area contributed by atoms with Gasteiger partial charge in [0, 0.05) is 22.9 Å². The Labute approximate surface area is 162 Å². The molecule has 0 saturated heterocycles. The van der Waals surface area contributed by atoms with Gasteiger partial charge in [0.25, 0.3) is 0 Å². The first-order valence-electron chi connectivity index (χ1n) is 7.42. The van der Waals surface area contributed by atoms with Crippen LogP contribution in [-0.4, -0.2) is 28.9 Å². The van der Waals surface area contributed by atoms with Crippen LogP contribution < -0.4 is 10.2 Å². The summed E-state index contributed by atoms with van der Waals surface area (Å²) in [5.74, 6) is 0.338. The molecule has 1 heterocycles. The first-order chi connectivity index (χ1) is 12.1. The highest BCUT2D eigenvalue weighted by Crippen LogP contribution is 2.28. The third-order valence-corrected chi connectivity index (χ3v) is 5.77. The van der Waals surface area contributed by atoms with Crippen molar-refractivity contribution in [2.24, 2.45) is 0 Å². The molecule has 25 heavy (non-hydrogen) atoms. The number of para-hydroxylation sites is 1. The first kappa shape index (κ1) is 17.9. The van der Waals surface area contributed by atoms with Crippen LogP contribution in [0, 0.1) is 0 Å². The summed E-state index contributed by atoms with van der Waals surface area (Å²) in [6.07, 6.45) is 0. The zero-order valence-corrected chi connectivity index (χ0v) is 16.6. The average Bonchev–Trinajstić information content (AvgIpc) is 3.07. The van der Waals surface area contributed by atoms with Crippen molar-refractivity contribution in [2.45, 2.75) is 4.34 Å². The monoisotopic (exact) mass is 434 g/mol. The van der Waals surface area contributed by atoms with Crippen molar-refractivity contribution in [3.63, 3.8) is 0 Å². The molecular weight excluding hydrogens is 420 g/mol. The van der Waals surface area contributed by atoms with Gasteiger partial charge in [-0.2, -0.15) is 0 Å². The van der Waals surface area contributed by atoms with E-state index in [2.05, 4.69) is 31.4 Å². The highest BCUT2D eigenvalue weighted by Gasteiger charge is 2.13. The maximum absolute atomic E-state index is 12.3. The molecule has 0 aliphatic heterocycles.